The average molecular weight is 294 g/mol. The van der Waals surface area contributed by atoms with Gasteiger partial charge in [0.2, 0.25) is 0 Å². The van der Waals surface area contributed by atoms with Crippen LogP contribution >= 0.6 is 12.2 Å². The summed E-state index contributed by atoms with van der Waals surface area (Å²) in [6, 6.07) is 4.42. The number of hydrogen-bond acceptors (Lipinski definition) is 2. The lowest BCUT2D eigenvalue weighted by atomic mass is 10.3. The van der Waals surface area contributed by atoms with Gasteiger partial charge >= 0.3 is 6.18 Å². The first kappa shape index (κ1) is 14.0. The molecule has 0 saturated heterocycles. The highest BCUT2D eigenvalue weighted by Gasteiger charge is 2.27. The first-order valence-electron chi connectivity index (χ1n) is 5.40. The second-order valence-electron chi connectivity index (χ2n) is 3.88. The molecule has 1 aromatic carbocycles. The van der Waals surface area contributed by atoms with Crippen LogP contribution in [0.3, 0.4) is 0 Å². The van der Waals surface area contributed by atoms with Gasteiger partial charge in [-0.3, -0.25) is 0 Å². The lowest BCUT2D eigenvalue weighted by Gasteiger charge is -2.08. The van der Waals surface area contributed by atoms with E-state index in [1.807, 2.05) is 0 Å². The molecule has 0 spiro atoms. The second-order valence-corrected chi connectivity index (χ2v) is 4.27. The molecule has 2 rings (SSSR count). The Hall–Kier alpha value is -1.41. The molecule has 0 atom stereocenters. The number of para-hydroxylation sites is 1. The van der Waals surface area contributed by atoms with Crippen molar-refractivity contribution in [3.05, 3.63) is 28.8 Å². The van der Waals surface area contributed by atoms with Gasteiger partial charge in [0.1, 0.15) is 17.9 Å². The molecule has 0 radical (unpaired) electrons. The third kappa shape index (κ3) is 3.32. The second kappa shape index (κ2) is 5.30. The van der Waals surface area contributed by atoms with E-state index in [4.69, 9.17) is 12.2 Å². The molecule has 0 aliphatic rings. The van der Waals surface area contributed by atoms with Crippen molar-refractivity contribution in [2.45, 2.75) is 12.7 Å². The van der Waals surface area contributed by atoms with Crippen LogP contribution in [0.25, 0.3) is 11.0 Å². The fourth-order valence-corrected chi connectivity index (χ4v) is 2.00. The summed E-state index contributed by atoms with van der Waals surface area (Å²) in [5.74, 6) is -0.460. The monoisotopic (exact) mass is 294 g/mol. The SMILES string of the molecule is Fc1cccc2c1[nH]c(=S)n2CCOCC(F)(F)F. The first-order valence-corrected chi connectivity index (χ1v) is 5.81. The molecule has 0 aliphatic heterocycles. The molecule has 2 aromatic rings. The van der Waals surface area contributed by atoms with Crippen molar-refractivity contribution >= 4 is 23.3 Å². The Morgan fingerprint density at radius 1 is 1.32 bits per heavy atom. The zero-order chi connectivity index (χ0) is 14.0. The molecule has 0 fully saturated rings. The summed E-state index contributed by atoms with van der Waals surface area (Å²) in [7, 11) is 0. The summed E-state index contributed by atoms with van der Waals surface area (Å²) >= 11 is 5.00. The summed E-state index contributed by atoms with van der Waals surface area (Å²) in [5.41, 5.74) is 0.740. The van der Waals surface area contributed by atoms with E-state index < -0.39 is 18.6 Å². The zero-order valence-corrected chi connectivity index (χ0v) is 10.4. The topological polar surface area (TPSA) is 29.9 Å². The average Bonchev–Trinajstić information content (AvgIpc) is 2.62. The number of benzene rings is 1. The van der Waals surface area contributed by atoms with Crippen LogP contribution in [0.5, 0.6) is 0 Å². The molecule has 8 heteroatoms. The van der Waals surface area contributed by atoms with Crippen molar-refractivity contribution in [2.24, 2.45) is 0 Å². The number of rotatable bonds is 4. The minimum atomic E-state index is -4.35. The van der Waals surface area contributed by atoms with Crippen molar-refractivity contribution in [3.63, 3.8) is 0 Å². The lowest BCUT2D eigenvalue weighted by molar-refractivity contribution is -0.174. The van der Waals surface area contributed by atoms with Crippen LogP contribution in [-0.2, 0) is 11.3 Å². The van der Waals surface area contributed by atoms with Gasteiger partial charge in [-0.05, 0) is 24.4 Å². The van der Waals surface area contributed by atoms with Gasteiger partial charge in [-0.15, -0.1) is 0 Å². The lowest BCUT2D eigenvalue weighted by Crippen LogP contribution is -2.19. The number of aromatic amines is 1. The Morgan fingerprint density at radius 2 is 2.05 bits per heavy atom. The van der Waals surface area contributed by atoms with E-state index >= 15 is 0 Å². The highest BCUT2D eigenvalue weighted by atomic mass is 32.1. The van der Waals surface area contributed by atoms with Crippen LogP contribution in [0.1, 0.15) is 0 Å². The van der Waals surface area contributed by atoms with Crippen molar-refractivity contribution in [1.82, 2.24) is 9.55 Å². The van der Waals surface area contributed by atoms with Crippen LogP contribution < -0.4 is 0 Å². The maximum atomic E-state index is 13.5. The van der Waals surface area contributed by atoms with Gasteiger partial charge < -0.3 is 14.3 Å². The predicted molar refractivity (Wildman–Crippen MR) is 64.0 cm³/mol. The Morgan fingerprint density at radius 3 is 2.74 bits per heavy atom. The number of alkyl halides is 3. The van der Waals surface area contributed by atoms with Gasteiger partial charge in [0, 0.05) is 6.54 Å². The summed E-state index contributed by atoms with van der Waals surface area (Å²) in [6.45, 7) is -1.34. The van der Waals surface area contributed by atoms with Crippen molar-refractivity contribution < 1.29 is 22.3 Å². The molecule has 0 amide bonds. The quantitative estimate of drug-likeness (QED) is 0.532. The molecular weight excluding hydrogens is 284 g/mol. The number of nitrogens with one attached hydrogen (secondary N) is 1. The van der Waals surface area contributed by atoms with Crippen LogP contribution in [0, 0.1) is 10.6 Å². The number of hydrogen-bond donors (Lipinski definition) is 1. The molecule has 104 valence electrons. The predicted octanol–water partition coefficient (Wildman–Crippen LogP) is 3.42. The van der Waals surface area contributed by atoms with Crippen LogP contribution in [0.4, 0.5) is 17.6 Å². The summed E-state index contributed by atoms with van der Waals surface area (Å²) in [6.07, 6.45) is -4.35. The van der Waals surface area contributed by atoms with E-state index in [-0.39, 0.29) is 23.4 Å². The van der Waals surface area contributed by atoms with Crippen molar-refractivity contribution in [3.8, 4) is 0 Å². The van der Waals surface area contributed by atoms with Gasteiger partial charge in [-0.2, -0.15) is 13.2 Å². The number of fused-ring (bicyclic) bond motifs is 1. The van der Waals surface area contributed by atoms with Gasteiger partial charge in [-0.1, -0.05) is 6.07 Å². The molecule has 19 heavy (non-hydrogen) atoms. The fourth-order valence-electron chi connectivity index (χ4n) is 1.71. The number of H-pyrrole nitrogens is 1. The van der Waals surface area contributed by atoms with E-state index in [1.54, 1.807) is 6.07 Å². The molecule has 1 aromatic heterocycles. The number of halogens is 4. The molecule has 1 N–H and O–H groups in total. The smallest absolute Gasteiger partial charge is 0.370 e. The maximum Gasteiger partial charge on any atom is 0.411 e. The maximum absolute atomic E-state index is 13.5. The third-order valence-electron chi connectivity index (χ3n) is 2.48. The van der Waals surface area contributed by atoms with Crippen LogP contribution in [-0.4, -0.2) is 28.9 Å². The van der Waals surface area contributed by atoms with E-state index in [1.165, 1.54) is 16.7 Å². The number of imidazole rings is 1. The highest BCUT2D eigenvalue weighted by molar-refractivity contribution is 7.71. The zero-order valence-electron chi connectivity index (χ0n) is 9.63. The highest BCUT2D eigenvalue weighted by Crippen LogP contribution is 2.18. The van der Waals surface area contributed by atoms with E-state index in [0.717, 1.165) is 0 Å². The van der Waals surface area contributed by atoms with Gasteiger partial charge in [0.15, 0.2) is 4.77 Å². The normalized spacial score (nSPS) is 12.2. The number of aromatic nitrogens is 2. The minimum Gasteiger partial charge on any atom is -0.370 e. The largest absolute Gasteiger partial charge is 0.411 e. The van der Waals surface area contributed by atoms with Gasteiger partial charge in [-0.25, -0.2) is 4.39 Å². The fraction of sp³-hybridized carbons (Fsp3) is 0.364. The Labute approximate surface area is 110 Å². The number of nitrogens with zero attached hydrogens (tertiary/aromatic N) is 1. The Bertz CT molecular complexity index is 632. The van der Waals surface area contributed by atoms with E-state index in [2.05, 4.69) is 9.72 Å². The molecule has 0 bridgehead atoms. The summed E-state index contributed by atoms with van der Waals surface area (Å²) in [5, 5.41) is 0. The molecule has 0 saturated carbocycles. The standard InChI is InChI=1S/C11H10F4N2OS/c12-7-2-1-3-8-9(7)16-10(19)17(8)4-5-18-6-11(13,14)15/h1-3H,4-6H2,(H,16,19). The van der Waals surface area contributed by atoms with Crippen molar-refractivity contribution in [2.75, 3.05) is 13.2 Å². The van der Waals surface area contributed by atoms with Crippen LogP contribution in [0.15, 0.2) is 18.2 Å². The molecular formula is C11H10F4N2OS. The first-order chi connectivity index (χ1) is 8.88. The van der Waals surface area contributed by atoms with Crippen molar-refractivity contribution in [1.29, 1.82) is 0 Å². The Balaban J connectivity index is 2.11. The minimum absolute atomic E-state index is 0.123. The number of ether oxygens (including phenoxy) is 1. The van der Waals surface area contributed by atoms with E-state index in [0.29, 0.717) is 5.52 Å². The molecule has 0 aliphatic carbocycles. The van der Waals surface area contributed by atoms with Gasteiger partial charge in [0.25, 0.3) is 0 Å². The summed E-state index contributed by atoms with van der Waals surface area (Å²) in [4.78, 5) is 2.68. The third-order valence-corrected chi connectivity index (χ3v) is 2.81. The van der Waals surface area contributed by atoms with E-state index in [9.17, 15) is 17.6 Å². The molecule has 0 unspecified atom stereocenters. The van der Waals surface area contributed by atoms with Gasteiger partial charge in [0.05, 0.1) is 12.1 Å². The summed E-state index contributed by atoms with van der Waals surface area (Å²) < 4.78 is 55.4. The molecule has 3 nitrogen and oxygen atoms in total. The molecule has 1 heterocycles. The Kier molecular flexibility index (Phi) is 3.91. The van der Waals surface area contributed by atoms with Crippen LogP contribution in [0.2, 0.25) is 0 Å².